The lowest BCUT2D eigenvalue weighted by molar-refractivity contribution is -0.123. The summed E-state index contributed by atoms with van der Waals surface area (Å²) in [4.78, 5) is 37.4. The van der Waals surface area contributed by atoms with Crippen molar-refractivity contribution >= 4 is 46.6 Å². The molecule has 9 heteroatoms. The van der Waals surface area contributed by atoms with E-state index in [9.17, 15) is 14.4 Å². The second-order valence-electron chi connectivity index (χ2n) is 6.70. The molecule has 1 aliphatic rings. The number of halogens is 1. The molecule has 0 aliphatic carbocycles. The number of furan rings is 1. The Labute approximate surface area is 192 Å². The van der Waals surface area contributed by atoms with Crippen molar-refractivity contribution in [1.29, 1.82) is 0 Å². The molecule has 32 heavy (non-hydrogen) atoms. The second kappa shape index (κ2) is 9.33. The number of carboxylic acid groups (broad SMARTS) is 1. The normalized spacial score (nSPS) is 14.9. The molecule has 1 fully saturated rings. The van der Waals surface area contributed by atoms with Crippen LogP contribution in [0.3, 0.4) is 0 Å². The summed E-state index contributed by atoms with van der Waals surface area (Å²) in [6, 6.07) is 16.9. The summed E-state index contributed by atoms with van der Waals surface area (Å²) in [5, 5.41) is 8.80. The van der Waals surface area contributed by atoms with Crippen molar-refractivity contribution in [2.24, 2.45) is 0 Å². The van der Waals surface area contributed by atoms with Crippen LogP contribution in [0.25, 0.3) is 17.4 Å². The number of rotatable bonds is 7. The lowest BCUT2D eigenvalue weighted by Crippen LogP contribution is -2.32. The number of imide groups is 1. The number of ether oxygens (including phenoxy) is 1. The molecule has 0 spiro atoms. The van der Waals surface area contributed by atoms with Gasteiger partial charge in [0.1, 0.15) is 23.9 Å². The van der Waals surface area contributed by atoms with Gasteiger partial charge in [-0.2, -0.15) is 0 Å². The van der Waals surface area contributed by atoms with Crippen LogP contribution in [0.2, 0.25) is 5.02 Å². The number of carboxylic acids is 1. The highest BCUT2D eigenvalue weighted by molar-refractivity contribution is 8.18. The average molecular weight is 470 g/mol. The Morgan fingerprint density at radius 3 is 2.62 bits per heavy atom. The fourth-order valence-electron chi connectivity index (χ4n) is 3.02. The van der Waals surface area contributed by atoms with Crippen LogP contribution in [0.4, 0.5) is 4.79 Å². The number of carbonyl (C=O) groups is 3. The molecule has 7 nitrogen and oxygen atoms in total. The van der Waals surface area contributed by atoms with Gasteiger partial charge in [-0.3, -0.25) is 14.5 Å². The van der Waals surface area contributed by atoms with Gasteiger partial charge in [-0.1, -0.05) is 35.9 Å². The molecule has 1 aliphatic heterocycles. The Morgan fingerprint density at radius 1 is 1.12 bits per heavy atom. The molecule has 0 bridgehead atoms. The van der Waals surface area contributed by atoms with E-state index in [0.717, 1.165) is 16.7 Å². The topological polar surface area (TPSA) is 97.0 Å². The summed E-state index contributed by atoms with van der Waals surface area (Å²) in [5.41, 5.74) is 0.581. The maximum absolute atomic E-state index is 12.6. The van der Waals surface area contributed by atoms with Crippen LogP contribution in [-0.2, 0) is 4.79 Å². The molecule has 2 amide bonds. The van der Waals surface area contributed by atoms with E-state index in [2.05, 4.69) is 0 Å². The van der Waals surface area contributed by atoms with Gasteiger partial charge >= 0.3 is 5.97 Å². The van der Waals surface area contributed by atoms with Crippen molar-refractivity contribution in [1.82, 2.24) is 4.90 Å². The Bertz CT molecular complexity index is 1220. The van der Waals surface area contributed by atoms with Crippen LogP contribution in [0.1, 0.15) is 16.1 Å². The van der Waals surface area contributed by atoms with Crippen LogP contribution in [-0.4, -0.2) is 40.3 Å². The number of para-hydroxylation sites is 1. The number of benzene rings is 2. The number of aromatic carboxylic acids is 1. The third kappa shape index (κ3) is 4.71. The first-order valence-corrected chi connectivity index (χ1v) is 10.7. The van der Waals surface area contributed by atoms with E-state index in [1.54, 1.807) is 30.3 Å². The zero-order valence-corrected chi connectivity index (χ0v) is 18.1. The minimum Gasteiger partial charge on any atom is -0.492 e. The first-order valence-electron chi connectivity index (χ1n) is 9.48. The molecular formula is C23H16ClNO6S. The highest BCUT2D eigenvalue weighted by Crippen LogP contribution is 2.34. The van der Waals surface area contributed by atoms with Crippen LogP contribution in [0.5, 0.6) is 5.75 Å². The third-order valence-corrected chi connectivity index (χ3v) is 5.80. The predicted octanol–water partition coefficient (Wildman–Crippen LogP) is 5.41. The summed E-state index contributed by atoms with van der Waals surface area (Å²) in [5.74, 6) is -0.0419. The van der Waals surface area contributed by atoms with Crippen molar-refractivity contribution in [2.75, 3.05) is 13.2 Å². The molecule has 2 heterocycles. The van der Waals surface area contributed by atoms with Gasteiger partial charge < -0.3 is 14.3 Å². The molecule has 1 saturated heterocycles. The van der Waals surface area contributed by atoms with Crippen LogP contribution in [0.15, 0.2) is 70.0 Å². The second-order valence-corrected chi connectivity index (χ2v) is 8.10. The van der Waals surface area contributed by atoms with E-state index in [1.165, 1.54) is 18.2 Å². The predicted molar refractivity (Wildman–Crippen MR) is 121 cm³/mol. The van der Waals surface area contributed by atoms with E-state index < -0.39 is 11.9 Å². The number of carbonyl (C=O) groups excluding carboxylic acids is 2. The highest BCUT2D eigenvalue weighted by atomic mass is 35.5. The molecule has 0 unspecified atom stereocenters. The Balaban J connectivity index is 1.44. The summed E-state index contributed by atoms with van der Waals surface area (Å²) < 4.78 is 11.3. The Morgan fingerprint density at radius 2 is 1.91 bits per heavy atom. The van der Waals surface area contributed by atoms with E-state index >= 15 is 0 Å². The summed E-state index contributed by atoms with van der Waals surface area (Å²) in [7, 11) is 0. The van der Waals surface area contributed by atoms with Crippen molar-refractivity contribution < 1.29 is 28.6 Å². The lowest BCUT2D eigenvalue weighted by atomic mass is 10.1. The van der Waals surface area contributed by atoms with Crippen molar-refractivity contribution in [3.63, 3.8) is 0 Å². The molecule has 0 atom stereocenters. The van der Waals surface area contributed by atoms with E-state index in [4.69, 9.17) is 25.9 Å². The van der Waals surface area contributed by atoms with Crippen molar-refractivity contribution in [3.05, 3.63) is 81.9 Å². The largest absolute Gasteiger partial charge is 0.492 e. The zero-order chi connectivity index (χ0) is 22.7. The first-order chi connectivity index (χ1) is 15.4. The lowest BCUT2D eigenvalue weighted by Gasteiger charge is -2.13. The van der Waals surface area contributed by atoms with E-state index in [0.29, 0.717) is 22.8 Å². The SMILES string of the molecule is O=C(O)c1ccc(-c2ccc(/C=C3\SC(=O)N(CCOc4ccccc4)C3=O)o2)cc1Cl. The third-order valence-electron chi connectivity index (χ3n) is 4.58. The van der Waals surface area contributed by atoms with Crippen molar-refractivity contribution in [3.8, 4) is 17.1 Å². The van der Waals surface area contributed by atoms with Gasteiger partial charge in [0, 0.05) is 11.6 Å². The molecule has 2 aromatic carbocycles. The highest BCUT2D eigenvalue weighted by Gasteiger charge is 2.35. The van der Waals surface area contributed by atoms with Crippen LogP contribution < -0.4 is 4.74 Å². The Hall–Kier alpha value is -3.49. The maximum atomic E-state index is 12.6. The fraction of sp³-hybridized carbons (Fsp3) is 0.0870. The minimum atomic E-state index is -1.12. The van der Waals surface area contributed by atoms with Gasteiger partial charge in [0.2, 0.25) is 0 Å². The number of thioether (sulfide) groups is 1. The van der Waals surface area contributed by atoms with Gasteiger partial charge in [-0.05, 0) is 48.2 Å². The van der Waals surface area contributed by atoms with Gasteiger partial charge in [0.05, 0.1) is 22.0 Å². The molecular weight excluding hydrogens is 454 g/mol. The quantitative estimate of drug-likeness (QED) is 0.462. The molecule has 162 valence electrons. The maximum Gasteiger partial charge on any atom is 0.337 e. The number of amides is 2. The van der Waals surface area contributed by atoms with Gasteiger partial charge in [-0.15, -0.1) is 0 Å². The Kier molecular flexibility index (Phi) is 6.34. The smallest absolute Gasteiger partial charge is 0.337 e. The molecule has 4 rings (SSSR count). The van der Waals surface area contributed by atoms with Crippen molar-refractivity contribution in [2.45, 2.75) is 0 Å². The first kappa shape index (κ1) is 21.7. The van der Waals surface area contributed by atoms with Gasteiger partial charge in [0.15, 0.2) is 0 Å². The van der Waals surface area contributed by atoms with Crippen LogP contribution >= 0.6 is 23.4 Å². The van der Waals surface area contributed by atoms with E-state index in [1.807, 2.05) is 18.2 Å². The van der Waals surface area contributed by atoms with Gasteiger partial charge in [0.25, 0.3) is 11.1 Å². The average Bonchev–Trinajstić information content (AvgIpc) is 3.34. The number of hydrogen-bond donors (Lipinski definition) is 1. The fourth-order valence-corrected chi connectivity index (χ4v) is 4.13. The van der Waals surface area contributed by atoms with Gasteiger partial charge in [-0.25, -0.2) is 4.79 Å². The molecule has 3 aromatic rings. The monoisotopic (exact) mass is 469 g/mol. The molecule has 0 radical (unpaired) electrons. The summed E-state index contributed by atoms with van der Waals surface area (Å²) >= 11 is 6.85. The number of hydrogen-bond acceptors (Lipinski definition) is 6. The summed E-state index contributed by atoms with van der Waals surface area (Å²) in [6.07, 6.45) is 1.50. The van der Waals surface area contributed by atoms with Crippen LogP contribution in [0, 0.1) is 0 Å². The molecule has 0 saturated carbocycles. The minimum absolute atomic E-state index is 0.00730. The summed E-state index contributed by atoms with van der Waals surface area (Å²) in [6.45, 7) is 0.321. The number of nitrogens with zero attached hydrogens (tertiary/aromatic N) is 1. The van der Waals surface area contributed by atoms with E-state index in [-0.39, 0.29) is 33.9 Å². The molecule has 1 aromatic heterocycles. The zero-order valence-electron chi connectivity index (χ0n) is 16.5. The standard InChI is InChI=1S/C23H16ClNO6S/c24-18-12-14(6-8-17(18)22(27)28)19-9-7-16(31-19)13-20-21(26)25(23(29)32-20)10-11-30-15-4-2-1-3-5-15/h1-9,12-13H,10-11H2,(H,27,28)/b20-13-. The molecule has 1 N–H and O–H groups in total.